The highest BCUT2D eigenvalue weighted by Crippen LogP contribution is 2.28. The van der Waals surface area contributed by atoms with Crippen LogP contribution >= 0.6 is 0 Å². The van der Waals surface area contributed by atoms with E-state index in [2.05, 4.69) is 117 Å². The molecule has 0 saturated carbocycles. The molecule has 2 aliphatic rings. The zero-order valence-electron chi connectivity index (χ0n) is 45.4. The van der Waals surface area contributed by atoms with E-state index in [1.54, 1.807) is 22.2 Å². The molecular formula is C66H91N3O5. The quantitative estimate of drug-likeness (QED) is 0.0297. The van der Waals surface area contributed by atoms with Gasteiger partial charge >= 0.3 is 5.97 Å². The van der Waals surface area contributed by atoms with Gasteiger partial charge in [-0.25, -0.2) is 0 Å². The summed E-state index contributed by atoms with van der Waals surface area (Å²) in [6.07, 6.45) is 34.8. The molecule has 8 heteroatoms. The monoisotopic (exact) mass is 1010 g/mol. The van der Waals surface area contributed by atoms with Crippen molar-refractivity contribution >= 4 is 51.4 Å². The van der Waals surface area contributed by atoms with Crippen molar-refractivity contribution in [1.29, 1.82) is 0 Å². The summed E-state index contributed by atoms with van der Waals surface area (Å²) in [5.41, 5.74) is 5.87. The van der Waals surface area contributed by atoms with Crippen molar-refractivity contribution in [1.82, 2.24) is 14.4 Å². The van der Waals surface area contributed by atoms with E-state index in [4.69, 9.17) is 9.47 Å². The molecule has 0 bridgehead atoms. The van der Waals surface area contributed by atoms with E-state index >= 15 is 0 Å². The lowest BCUT2D eigenvalue weighted by molar-refractivity contribution is -0.144. The number of carbonyl (C=O) groups is 3. The van der Waals surface area contributed by atoms with Crippen LogP contribution < -0.4 is 0 Å². The van der Waals surface area contributed by atoms with E-state index in [1.165, 1.54) is 129 Å². The standard InChI is InChI=1S/C24H46O3.C14H11N.C14H12.C8H13NO.C6H9NO/c1-3-5-6-7-8-9-10-11-12-13-14-15-16-17-18-21-24(25)27-23-20-19-22-26-4-2;1-2-15-13-9-5-3-7-11(13)12-8-4-6-10-14(12)15;1-12(13-8-4-2-5-9-13)14-10-6-3-7-11-14;1-2-9-7-5-3-4-6-8(9)10;1-2-7-5-3-4-6(7)8/h4H,2-3,5-23H2,1H3;2-10H,1H2;2-11H,1H2;2H,1,3-7H2;2H,1,3-5H2. The molecule has 7 rings (SSSR count). The van der Waals surface area contributed by atoms with E-state index in [-0.39, 0.29) is 17.8 Å². The number of ether oxygens (including phenoxy) is 2. The second kappa shape index (κ2) is 40.0. The SMILES string of the molecule is C=C(c1ccccc1)c1ccccc1.C=CN1CCCC1=O.C=CN1CCCCCC1=O.C=COCCCCOC(=O)CCCCCCCCCCCCCCCCC.C=Cn1c2ccccc2c2ccccc21. The molecule has 2 saturated heterocycles. The molecule has 1 aromatic heterocycles. The average Bonchev–Trinajstić information content (AvgIpc) is 3.94. The smallest absolute Gasteiger partial charge is 0.305 e. The van der Waals surface area contributed by atoms with Crippen LogP contribution in [0.1, 0.15) is 172 Å². The Labute approximate surface area is 446 Å². The van der Waals surface area contributed by atoms with E-state index in [0.29, 0.717) is 32.5 Å². The summed E-state index contributed by atoms with van der Waals surface area (Å²) in [7, 11) is 0. The van der Waals surface area contributed by atoms with Crippen LogP contribution in [-0.2, 0) is 23.9 Å². The Morgan fingerprint density at radius 1 is 0.500 bits per heavy atom. The highest BCUT2D eigenvalue weighted by molar-refractivity contribution is 6.09. The van der Waals surface area contributed by atoms with Gasteiger partial charge in [0.25, 0.3) is 0 Å². The minimum absolute atomic E-state index is 0.0469. The third kappa shape index (κ3) is 25.0. The average molecular weight is 1010 g/mol. The predicted octanol–water partition coefficient (Wildman–Crippen LogP) is 17.7. The van der Waals surface area contributed by atoms with Crippen LogP contribution in [0.2, 0.25) is 0 Å². The van der Waals surface area contributed by atoms with Crippen LogP contribution in [0.25, 0.3) is 33.6 Å². The van der Waals surface area contributed by atoms with E-state index in [9.17, 15) is 14.4 Å². The summed E-state index contributed by atoms with van der Waals surface area (Å²) in [5.74, 6) is 0.391. The lowest BCUT2D eigenvalue weighted by atomic mass is 10.0. The van der Waals surface area contributed by atoms with Gasteiger partial charge in [0.1, 0.15) is 0 Å². The number of fused-ring (bicyclic) bond motifs is 3. The molecule has 0 unspecified atom stereocenters. The van der Waals surface area contributed by atoms with Gasteiger partial charge in [0.05, 0.1) is 30.5 Å². The molecule has 2 aliphatic heterocycles. The number of para-hydroxylation sites is 2. The van der Waals surface area contributed by atoms with Gasteiger partial charge in [-0.05, 0) is 79.8 Å². The van der Waals surface area contributed by atoms with Gasteiger partial charge in [-0.2, -0.15) is 0 Å². The molecule has 5 aromatic rings. The maximum absolute atomic E-state index is 11.6. The molecule has 0 N–H and O–H groups in total. The Hall–Kier alpha value is -6.41. The third-order valence-electron chi connectivity index (χ3n) is 13.2. The molecule has 3 heterocycles. The van der Waals surface area contributed by atoms with Gasteiger partial charge in [-0.15, -0.1) is 0 Å². The number of rotatable bonds is 27. The van der Waals surface area contributed by atoms with E-state index < -0.39 is 0 Å². The second-order valence-electron chi connectivity index (χ2n) is 18.9. The lowest BCUT2D eigenvalue weighted by Crippen LogP contribution is -2.23. The van der Waals surface area contributed by atoms with Crippen LogP contribution in [0.3, 0.4) is 0 Å². The Balaban J connectivity index is 0.000000260. The summed E-state index contributed by atoms with van der Waals surface area (Å²) in [6, 6.07) is 37.3. The number of hydrogen-bond acceptors (Lipinski definition) is 5. The molecule has 400 valence electrons. The highest BCUT2D eigenvalue weighted by Gasteiger charge is 2.16. The fourth-order valence-corrected chi connectivity index (χ4v) is 8.92. The van der Waals surface area contributed by atoms with Gasteiger partial charge in [0.15, 0.2) is 0 Å². The number of nitrogens with zero attached hydrogens (tertiary/aromatic N) is 3. The number of aromatic nitrogens is 1. The minimum atomic E-state index is -0.0469. The Morgan fingerprint density at radius 2 is 0.932 bits per heavy atom. The van der Waals surface area contributed by atoms with Crippen LogP contribution in [0.15, 0.2) is 161 Å². The van der Waals surface area contributed by atoms with Gasteiger partial charge < -0.3 is 23.8 Å². The number of amides is 2. The van der Waals surface area contributed by atoms with Gasteiger partial charge in [-0.3, -0.25) is 14.4 Å². The van der Waals surface area contributed by atoms with Crippen LogP contribution in [-0.4, -0.2) is 58.5 Å². The van der Waals surface area contributed by atoms with E-state index in [0.717, 1.165) is 63.6 Å². The molecule has 0 aliphatic carbocycles. The molecule has 0 radical (unpaired) electrons. The number of likely N-dealkylation sites (tertiary alicyclic amines) is 2. The lowest BCUT2D eigenvalue weighted by Gasteiger charge is -2.13. The van der Waals surface area contributed by atoms with Crippen molar-refractivity contribution < 1.29 is 23.9 Å². The first-order valence-corrected chi connectivity index (χ1v) is 27.9. The molecule has 2 fully saturated rings. The molecule has 0 spiro atoms. The van der Waals surface area contributed by atoms with Gasteiger partial charge in [0, 0.05) is 49.3 Å². The zero-order chi connectivity index (χ0) is 53.3. The Morgan fingerprint density at radius 3 is 1.38 bits per heavy atom. The van der Waals surface area contributed by atoms with Crippen molar-refractivity contribution in [2.24, 2.45) is 0 Å². The molecule has 0 atom stereocenters. The Bertz CT molecular complexity index is 2260. The third-order valence-corrected chi connectivity index (χ3v) is 13.2. The van der Waals surface area contributed by atoms with Crippen LogP contribution in [0.4, 0.5) is 0 Å². The first-order chi connectivity index (χ1) is 36.3. The first kappa shape index (κ1) is 61.9. The zero-order valence-corrected chi connectivity index (χ0v) is 45.4. The number of esters is 1. The maximum Gasteiger partial charge on any atom is 0.305 e. The minimum Gasteiger partial charge on any atom is -0.502 e. The summed E-state index contributed by atoms with van der Waals surface area (Å²) in [6.45, 7) is 23.7. The van der Waals surface area contributed by atoms with Crippen LogP contribution in [0.5, 0.6) is 0 Å². The normalized spacial score (nSPS) is 12.8. The maximum atomic E-state index is 11.6. The van der Waals surface area contributed by atoms with E-state index in [1.807, 2.05) is 42.6 Å². The Kier molecular flexibility index (Phi) is 33.5. The highest BCUT2D eigenvalue weighted by atomic mass is 16.5. The van der Waals surface area contributed by atoms with Crippen molar-refractivity contribution in [3.05, 3.63) is 172 Å². The van der Waals surface area contributed by atoms with Gasteiger partial charge in [0.2, 0.25) is 11.8 Å². The number of carbonyl (C=O) groups excluding carboxylic acids is 3. The fourth-order valence-electron chi connectivity index (χ4n) is 8.92. The summed E-state index contributed by atoms with van der Waals surface area (Å²) >= 11 is 0. The molecule has 74 heavy (non-hydrogen) atoms. The predicted molar refractivity (Wildman–Crippen MR) is 314 cm³/mol. The van der Waals surface area contributed by atoms with Gasteiger partial charge in [-0.1, -0.05) is 233 Å². The summed E-state index contributed by atoms with van der Waals surface area (Å²) in [5, 5.41) is 2.57. The largest absolute Gasteiger partial charge is 0.502 e. The fraction of sp³-hybridized carbons (Fsp3) is 0.439. The summed E-state index contributed by atoms with van der Waals surface area (Å²) < 4.78 is 12.4. The van der Waals surface area contributed by atoms with Crippen LogP contribution in [0, 0.1) is 0 Å². The first-order valence-electron chi connectivity index (χ1n) is 27.9. The number of unbranched alkanes of at least 4 members (excludes halogenated alkanes) is 15. The van der Waals surface area contributed by atoms with Crippen molar-refractivity contribution in [2.75, 3.05) is 26.3 Å². The molecule has 4 aromatic carbocycles. The molecular weight excluding hydrogens is 915 g/mol. The molecule has 2 amide bonds. The van der Waals surface area contributed by atoms with Crippen molar-refractivity contribution in [3.63, 3.8) is 0 Å². The summed E-state index contributed by atoms with van der Waals surface area (Å²) in [4.78, 5) is 36.7. The number of benzene rings is 4. The second-order valence-corrected chi connectivity index (χ2v) is 18.9. The van der Waals surface area contributed by atoms with Crippen molar-refractivity contribution in [3.8, 4) is 0 Å². The topological polar surface area (TPSA) is 81.1 Å². The number of hydrogen-bond donors (Lipinski definition) is 0. The van der Waals surface area contributed by atoms with Crippen molar-refractivity contribution in [2.45, 2.75) is 161 Å². The molecule has 8 nitrogen and oxygen atoms in total.